The van der Waals surface area contributed by atoms with Gasteiger partial charge in [-0.1, -0.05) is 47.4 Å². The molecule has 0 fully saturated rings. The van der Waals surface area contributed by atoms with Gasteiger partial charge in [0.05, 0.1) is 16.8 Å². The van der Waals surface area contributed by atoms with E-state index in [-0.39, 0.29) is 0 Å². The summed E-state index contributed by atoms with van der Waals surface area (Å²) in [6.07, 6.45) is 4.08. The Morgan fingerprint density at radius 1 is 1.21 bits per heavy atom. The van der Waals surface area contributed by atoms with Crippen LogP contribution in [-0.4, -0.2) is 25.6 Å². The van der Waals surface area contributed by atoms with Crippen LogP contribution in [-0.2, 0) is 21.1 Å². The number of allylic oxidation sites excluding steroid dienone is 2. The summed E-state index contributed by atoms with van der Waals surface area (Å²) in [5.41, 5.74) is 3.43. The molecule has 0 saturated carbocycles. The molecule has 174 valence electrons. The molecule has 4 rings (SSSR count). The SMILES string of the molecule is CCN1/C(=C\C(C)=C\c2sc3ccccc3[n+]2CCC(C)OS(=O)(=O)[O-])Sc2ccccc21. The fourth-order valence-corrected chi connectivity index (χ4v) is 6.80. The number of para-hydroxylation sites is 2. The van der Waals surface area contributed by atoms with E-state index in [4.69, 9.17) is 0 Å². The van der Waals surface area contributed by atoms with Gasteiger partial charge in [0.15, 0.2) is 6.54 Å². The molecule has 1 aromatic heterocycles. The summed E-state index contributed by atoms with van der Waals surface area (Å²) in [7, 11) is -4.71. The number of thioether (sulfide) groups is 1. The molecule has 1 unspecified atom stereocenters. The molecule has 0 radical (unpaired) electrons. The van der Waals surface area contributed by atoms with Crippen molar-refractivity contribution in [2.45, 2.75) is 44.7 Å². The minimum Gasteiger partial charge on any atom is -0.726 e. The third kappa shape index (κ3) is 5.67. The van der Waals surface area contributed by atoms with Crippen molar-refractivity contribution in [3.63, 3.8) is 0 Å². The first-order valence-corrected chi connectivity index (χ1v) is 13.7. The minimum atomic E-state index is -4.71. The summed E-state index contributed by atoms with van der Waals surface area (Å²) in [5.74, 6) is 0. The second kappa shape index (κ2) is 9.99. The van der Waals surface area contributed by atoms with E-state index in [1.54, 1.807) is 30.0 Å². The lowest BCUT2D eigenvalue weighted by Gasteiger charge is -2.17. The molecule has 3 aromatic rings. The molecule has 0 aliphatic carbocycles. The van der Waals surface area contributed by atoms with Crippen LogP contribution in [0.4, 0.5) is 5.69 Å². The first-order chi connectivity index (χ1) is 15.7. The van der Waals surface area contributed by atoms with Crippen molar-refractivity contribution in [3.05, 3.63) is 70.2 Å². The maximum absolute atomic E-state index is 10.9. The van der Waals surface area contributed by atoms with Crippen LogP contribution in [0.3, 0.4) is 0 Å². The van der Waals surface area contributed by atoms with E-state index in [9.17, 15) is 13.0 Å². The van der Waals surface area contributed by atoms with Crippen LogP contribution in [0.2, 0.25) is 0 Å². The zero-order chi connectivity index (χ0) is 23.6. The van der Waals surface area contributed by atoms with Crippen LogP contribution in [0.25, 0.3) is 16.3 Å². The molecule has 9 heteroatoms. The lowest BCUT2D eigenvalue weighted by molar-refractivity contribution is -0.670. The third-order valence-corrected chi connectivity index (χ3v) is 8.12. The molecule has 1 aliphatic rings. The van der Waals surface area contributed by atoms with E-state index < -0.39 is 16.5 Å². The van der Waals surface area contributed by atoms with Gasteiger partial charge in [-0.25, -0.2) is 8.42 Å². The zero-order valence-electron chi connectivity index (χ0n) is 18.7. The van der Waals surface area contributed by atoms with Gasteiger partial charge in [0.2, 0.25) is 15.9 Å². The molecule has 33 heavy (non-hydrogen) atoms. The molecule has 0 saturated heterocycles. The van der Waals surface area contributed by atoms with Gasteiger partial charge >= 0.3 is 0 Å². The summed E-state index contributed by atoms with van der Waals surface area (Å²) in [4.78, 5) is 3.58. The lowest BCUT2D eigenvalue weighted by atomic mass is 10.2. The second-order valence-corrected chi connectivity index (χ2v) is 11.0. The van der Waals surface area contributed by atoms with E-state index in [1.807, 2.05) is 12.1 Å². The molecule has 1 aliphatic heterocycles. The van der Waals surface area contributed by atoms with Gasteiger partial charge in [0.1, 0.15) is 4.70 Å². The van der Waals surface area contributed by atoms with E-state index in [0.29, 0.717) is 13.0 Å². The number of benzene rings is 2. The maximum Gasteiger partial charge on any atom is 0.263 e. The third-order valence-electron chi connectivity index (χ3n) is 5.33. The number of thiazole rings is 1. The van der Waals surface area contributed by atoms with Crippen LogP contribution in [0.1, 0.15) is 32.2 Å². The summed E-state index contributed by atoms with van der Waals surface area (Å²) in [6, 6.07) is 16.5. The van der Waals surface area contributed by atoms with Crippen LogP contribution >= 0.6 is 23.1 Å². The van der Waals surface area contributed by atoms with Crippen LogP contribution < -0.4 is 9.47 Å². The number of anilines is 1. The first-order valence-electron chi connectivity index (χ1n) is 10.7. The maximum atomic E-state index is 10.9. The summed E-state index contributed by atoms with van der Waals surface area (Å²) < 4.78 is 40.7. The first kappa shape index (κ1) is 24.0. The van der Waals surface area contributed by atoms with Crippen LogP contribution in [0, 0.1) is 0 Å². The van der Waals surface area contributed by atoms with Gasteiger partial charge in [0, 0.05) is 30.0 Å². The Balaban J connectivity index is 1.63. The largest absolute Gasteiger partial charge is 0.726 e. The van der Waals surface area contributed by atoms with Crippen LogP contribution in [0.5, 0.6) is 0 Å². The highest BCUT2D eigenvalue weighted by Crippen LogP contribution is 2.45. The predicted octanol–water partition coefficient (Wildman–Crippen LogP) is 5.32. The molecule has 0 bridgehead atoms. The molecule has 2 aromatic carbocycles. The highest BCUT2D eigenvalue weighted by atomic mass is 32.3. The highest BCUT2D eigenvalue weighted by molar-refractivity contribution is 8.03. The monoisotopic (exact) mass is 502 g/mol. The van der Waals surface area contributed by atoms with Gasteiger partial charge in [-0.15, -0.1) is 0 Å². The number of hydrogen-bond acceptors (Lipinski definition) is 7. The Hall–Kier alpha value is -2.17. The van der Waals surface area contributed by atoms with Crippen LogP contribution in [0.15, 0.2) is 70.1 Å². The Labute approximate surface area is 203 Å². The Morgan fingerprint density at radius 2 is 1.94 bits per heavy atom. The molecule has 0 amide bonds. The van der Waals surface area contributed by atoms with E-state index >= 15 is 0 Å². The average Bonchev–Trinajstić information content (AvgIpc) is 3.27. The molecule has 0 spiro atoms. The molecular weight excluding hydrogens is 476 g/mol. The van der Waals surface area contributed by atoms with Crippen molar-refractivity contribution in [2.75, 3.05) is 11.4 Å². The summed E-state index contributed by atoms with van der Waals surface area (Å²) in [5, 5.41) is 2.26. The fraction of sp³-hybridized carbons (Fsp3) is 0.292. The Bertz CT molecular complexity index is 1330. The van der Waals surface area contributed by atoms with E-state index in [2.05, 4.69) is 76.0 Å². The normalized spacial score (nSPS) is 16.5. The quantitative estimate of drug-likeness (QED) is 0.236. The molecule has 2 heterocycles. The number of rotatable bonds is 8. The van der Waals surface area contributed by atoms with E-state index in [1.165, 1.54) is 15.6 Å². The van der Waals surface area contributed by atoms with E-state index in [0.717, 1.165) is 27.3 Å². The van der Waals surface area contributed by atoms with Gasteiger partial charge in [-0.05, 0) is 50.6 Å². The minimum absolute atomic E-state index is 0.405. The highest BCUT2D eigenvalue weighted by Gasteiger charge is 2.24. The summed E-state index contributed by atoms with van der Waals surface area (Å²) in [6.45, 7) is 7.28. The number of hydrogen-bond donors (Lipinski definition) is 0. The van der Waals surface area contributed by atoms with Crippen molar-refractivity contribution >= 4 is 55.5 Å². The summed E-state index contributed by atoms with van der Waals surface area (Å²) >= 11 is 3.46. The molecule has 0 N–H and O–H groups in total. The Morgan fingerprint density at radius 3 is 2.70 bits per heavy atom. The number of fused-ring (bicyclic) bond motifs is 2. The zero-order valence-corrected chi connectivity index (χ0v) is 21.2. The molecular formula is C24H26N2O4S3. The topological polar surface area (TPSA) is 73.5 Å². The molecule has 1 atom stereocenters. The number of aryl methyl sites for hydroxylation is 1. The van der Waals surface area contributed by atoms with Gasteiger partial charge in [-0.2, -0.15) is 4.57 Å². The van der Waals surface area contributed by atoms with Crippen molar-refractivity contribution in [3.8, 4) is 0 Å². The lowest BCUT2D eigenvalue weighted by Crippen LogP contribution is -2.37. The van der Waals surface area contributed by atoms with Gasteiger partial charge < -0.3 is 9.45 Å². The van der Waals surface area contributed by atoms with Crippen molar-refractivity contribution < 1.29 is 21.7 Å². The van der Waals surface area contributed by atoms with Crippen molar-refractivity contribution in [1.82, 2.24) is 0 Å². The van der Waals surface area contributed by atoms with Crippen molar-refractivity contribution in [1.29, 1.82) is 0 Å². The fourth-order valence-electron chi connectivity index (χ4n) is 3.87. The smallest absolute Gasteiger partial charge is 0.263 e. The average molecular weight is 503 g/mol. The van der Waals surface area contributed by atoms with Gasteiger partial charge in [-0.3, -0.25) is 4.18 Å². The molecule has 6 nitrogen and oxygen atoms in total. The number of nitrogens with zero attached hydrogens (tertiary/aromatic N) is 2. The Kier molecular flexibility index (Phi) is 7.25. The second-order valence-electron chi connectivity index (χ2n) is 7.85. The number of aromatic nitrogens is 1. The predicted molar refractivity (Wildman–Crippen MR) is 134 cm³/mol. The standard InChI is InChI=1S/C24H26N2O4S3/c1-4-25-19-9-5-7-11-21(19)31-23(25)15-17(2)16-24-26(14-13-18(3)30-33(27,28)29)20-10-6-8-12-22(20)32-24/h5-12,15-16,18H,4,13-14H2,1-3H3. The van der Waals surface area contributed by atoms with Gasteiger partial charge in [0.25, 0.3) is 5.01 Å². The van der Waals surface area contributed by atoms with Crippen molar-refractivity contribution in [2.24, 2.45) is 0 Å².